The van der Waals surface area contributed by atoms with Gasteiger partial charge in [0.2, 0.25) is 0 Å². The van der Waals surface area contributed by atoms with Crippen molar-refractivity contribution in [3.8, 4) is 0 Å². The van der Waals surface area contributed by atoms with E-state index in [4.69, 9.17) is 10.3 Å². The summed E-state index contributed by atoms with van der Waals surface area (Å²) in [6, 6.07) is 4.56. The summed E-state index contributed by atoms with van der Waals surface area (Å²) in [5.74, 6) is 0. The van der Waals surface area contributed by atoms with Crippen LogP contribution >= 0.6 is 0 Å². The van der Waals surface area contributed by atoms with Crippen molar-refractivity contribution >= 4 is 15.8 Å². The number of rotatable bonds is 2. The zero-order chi connectivity index (χ0) is 10.1. The molecule has 13 heavy (non-hydrogen) atoms. The molecule has 1 aromatic rings. The molecule has 4 nitrogen and oxygen atoms in total. The van der Waals surface area contributed by atoms with Crippen LogP contribution in [0.5, 0.6) is 0 Å². The van der Waals surface area contributed by atoms with Crippen molar-refractivity contribution in [1.82, 2.24) is 0 Å². The predicted octanol–water partition coefficient (Wildman–Crippen LogP) is 1.08. The second-order valence-electron chi connectivity index (χ2n) is 2.66. The molecule has 0 saturated heterocycles. The highest BCUT2D eigenvalue weighted by Crippen LogP contribution is 2.22. The Labute approximate surface area is 77.1 Å². The van der Waals surface area contributed by atoms with Crippen molar-refractivity contribution in [2.24, 2.45) is 0 Å². The Morgan fingerprint density at radius 1 is 1.46 bits per heavy atom. The minimum absolute atomic E-state index is 0.132. The molecular formula is C8H11NO3S. The van der Waals surface area contributed by atoms with Crippen molar-refractivity contribution in [3.05, 3.63) is 23.8 Å². The van der Waals surface area contributed by atoms with Crippen LogP contribution in [-0.2, 0) is 16.5 Å². The molecule has 0 unspecified atom stereocenters. The highest BCUT2D eigenvalue weighted by atomic mass is 32.2. The molecule has 0 aliphatic rings. The average molecular weight is 201 g/mol. The van der Waals surface area contributed by atoms with Crippen molar-refractivity contribution in [2.45, 2.75) is 18.2 Å². The van der Waals surface area contributed by atoms with Crippen LogP contribution in [0, 0.1) is 0 Å². The quantitative estimate of drug-likeness (QED) is 0.554. The number of anilines is 1. The largest absolute Gasteiger partial charge is 0.397 e. The van der Waals surface area contributed by atoms with Gasteiger partial charge in [-0.15, -0.1) is 0 Å². The SMILES string of the molecule is CCc1cccc(S(=O)(=O)O)c1N. The standard InChI is InChI=1S/C8H11NO3S/c1-2-6-4-3-5-7(8(6)9)13(10,11)12/h3-5H,2,9H2,1H3,(H,10,11,12). The summed E-state index contributed by atoms with van der Waals surface area (Å²) >= 11 is 0. The zero-order valence-corrected chi connectivity index (χ0v) is 8.00. The highest BCUT2D eigenvalue weighted by Gasteiger charge is 2.14. The molecule has 0 radical (unpaired) electrons. The van der Waals surface area contributed by atoms with Crippen LogP contribution in [-0.4, -0.2) is 13.0 Å². The summed E-state index contributed by atoms with van der Waals surface area (Å²) in [7, 11) is -4.19. The first kappa shape index (κ1) is 10.0. The van der Waals surface area contributed by atoms with Gasteiger partial charge >= 0.3 is 0 Å². The van der Waals surface area contributed by atoms with Gasteiger partial charge in [-0.1, -0.05) is 19.1 Å². The number of aryl methyl sites for hydroxylation is 1. The van der Waals surface area contributed by atoms with E-state index in [9.17, 15) is 8.42 Å². The molecule has 3 N–H and O–H groups in total. The Morgan fingerprint density at radius 3 is 2.54 bits per heavy atom. The smallest absolute Gasteiger partial charge is 0.296 e. The monoisotopic (exact) mass is 201 g/mol. The summed E-state index contributed by atoms with van der Waals surface area (Å²) in [6.45, 7) is 1.86. The molecular weight excluding hydrogens is 190 g/mol. The molecule has 0 atom stereocenters. The molecule has 0 spiro atoms. The van der Waals surface area contributed by atoms with E-state index in [-0.39, 0.29) is 10.6 Å². The van der Waals surface area contributed by atoms with Gasteiger partial charge in [0.05, 0.1) is 5.69 Å². The van der Waals surface area contributed by atoms with Crippen molar-refractivity contribution in [3.63, 3.8) is 0 Å². The maximum atomic E-state index is 10.8. The number of nitrogen functional groups attached to an aromatic ring is 1. The second-order valence-corrected chi connectivity index (χ2v) is 4.05. The molecule has 5 heteroatoms. The number of hydrogen-bond acceptors (Lipinski definition) is 3. The van der Waals surface area contributed by atoms with E-state index in [1.807, 2.05) is 6.92 Å². The summed E-state index contributed by atoms with van der Waals surface area (Å²) in [5.41, 5.74) is 6.39. The fraction of sp³-hybridized carbons (Fsp3) is 0.250. The number of benzene rings is 1. The summed E-state index contributed by atoms with van der Waals surface area (Å²) in [4.78, 5) is -0.216. The van der Waals surface area contributed by atoms with Gasteiger partial charge in [0.15, 0.2) is 0 Å². The zero-order valence-electron chi connectivity index (χ0n) is 7.19. The number of para-hydroxylation sites is 1. The summed E-state index contributed by atoms with van der Waals surface area (Å²) in [5, 5.41) is 0. The molecule has 0 saturated carbocycles. The van der Waals surface area contributed by atoms with E-state index in [1.165, 1.54) is 6.07 Å². The Hall–Kier alpha value is -1.07. The Balaban J connectivity index is 3.41. The van der Waals surface area contributed by atoms with Crippen LogP contribution < -0.4 is 5.73 Å². The van der Waals surface area contributed by atoms with Crippen molar-refractivity contribution < 1.29 is 13.0 Å². The minimum atomic E-state index is -4.19. The van der Waals surface area contributed by atoms with E-state index < -0.39 is 10.1 Å². The van der Waals surface area contributed by atoms with Crippen LogP contribution in [0.3, 0.4) is 0 Å². The molecule has 72 valence electrons. The van der Waals surface area contributed by atoms with Crippen molar-refractivity contribution in [2.75, 3.05) is 5.73 Å². The third-order valence-corrected chi connectivity index (χ3v) is 2.73. The predicted molar refractivity (Wildman–Crippen MR) is 50.0 cm³/mol. The molecule has 0 bridgehead atoms. The second kappa shape index (κ2) is 3.35. The average Bonchev–Trinajstić information content (AvgIpc) is 2.02. The van der Waals surface area contributed by atoms with Gasteiger partial charge in [0.1, 0.15) is 4.90 Å². The Morgan fingerprint density at radius 2 is 2.08 bits per heavy atom. The first-order valence-electron chi connectivity index (χ1n) is 3.81. The van der Waals surface area contributed by atoms with Gasteiger partial charge in [-0.2, -0.15) is 8.42 Å². The van der Waals surface area contributed by atoms with E-state index in [1.54, 1.807) is 12.1 Å². The van der Waals surface area contributed by atoms with E-state index in [0.717, 1.165) is 5.56 Å². The fourth-order valence-electron chi connectivity index (χ4n) is 1.12. The Bertz CT molecular complexity index is 411. The van der Waals surface area contributed by atoms with Crippen LogP contribution in [0.1, 0.15) is 12.5 Å². The first-order valence-corrected chi connectivity index (χ1v) is 5.25. The number of nitrogens with two attached hydrogens (primary N) is 1. The first-order chi connectivity index (χ1) is 5.96. The molecule has 1 rings (SSSR count). The summed E-state index contributed by atoms with van der Waals surface area (Å²) in [6.07, 6.45) is 0.634. The minimum Gasteiger partial charge on any atom is -0.397 e. The van der Waals surface area contributed by atoms with Gasteiger partial charge < -0.3 is 5.73 Å². The van der Waals surface area contributed by atoms with Crippen LogP contribution in [0.2, 0.25) is 0 Å². The van der Waals surface area contributed by atoms with Gasteiger partial charge in [-0.3, -0.25) is 4.55 Å². The lowest BCUT2D eigenvalue weighted by atomic mass is 10.1. The van der Waals surface area contributed by atoms with E-state index >= 15 is 0 Å². The normalized spacial score (nSPS) is 11.5. The maximum Gasteiger partial charge on any atom is 0.296 e. The number of hydrogen-bond donors (Lipinski definition) is 2. The molecule has 1 aromatic carbocycles. The molecule has 0 aromatic heterocycles. The maximum absolute atomic E-state index is 10.8. The molecule has 0 aliphatic carbocycles. The molecule has 0 heterocycles. The lowest BCUT2D eigenvalue weighted by Crippen LogP contribution is -2.05. The molecule has 0 aliphatic heterocycles. The Kier molecular flexibility index (Phi) is 2.58. The fourth-order valence-corrected chi connectivity index (χ4v) is 1.78. The van der Waals surface area contributed by atoms with Gasteiger partial charge in [-0.05, 0) is 18.1 Å². The van der Waals surface area contributed by atoms with Gasteiger partial charge in [0, 0.05) is 0 Å². The van der Waals surface area contributed by atoms with E-state index in [2.05, 4.69) is 0 Å². The lowest BCUT2D eigenvalue weighted by molar-refractivity contribution is 0.483. The van der Waals surface area contributed by atoms with Crippen LogP contribution in [0.25, 0.3) is 0 Å². The van der Waals surface area contributed by atoms with Crippen molar-refractivity contribution in [1.29, 1.82) is 0 Å². The van der Waals surface area contributed by atoms with Gasteiger partial charge in [-0.25, -0.2) is 0 Å². The van der Waals surface area contributed by atoms with Crippen LogP contribution in [0.15, 0.2) is 23.1 Å². The molecule has 0 fully saturated rings. The van der Waals surface area contributed by atoms with Crippen LogP contribution in [0.4, 0.5) is 5.69 Å². The van der Waals surface area contributed by atoms with E-state index in [0.29, 0.717) is 6.42 Å². The third-order valence-electron chi connectivity index (χ3n) is 1.82. The topological polar surface area (TPSA) is 80.4 Å². The van der Waals surface area contributed by atoms with Gasteiger partial charge in [0.25, 0.3) is 10.1 Å². The third kappa shape index (κ3) is 1.99. The molecule has 0 amide bonds. The summed E-state index contributed by atoms with van der Waals surface area (Å²) < 4.78 is 30.4. The lowest BCUT2D eigenvalue weighted by Gasteiger charge is -2.06. The highest BCUT2D eigenvalue weighted by molar-refractivity contribution is 7.86.